The second-order valence-corrected chi connectivity index (χ2v) is 4.88. The second-order valence-electron chi connectivity index (χ2n) is 4.07. The molecular weight excluding hydrogens is 297 g/mol. The van der Waals surface area contributed by atoms with E-state index in [-0.39, 0.29) is 0 Å². The van der Waals surface area contributed by atoms with Gasteiger partial charge in [-0.3, -0.25) is 5.10 Å². The molecule has 0 atom stereocenters. The minimum atomic E-state index is 0.423. The van der Waals surface area contributed by atoms with Crippen LogP contribution in [0.2, 0.25) is 10.0 Å². The fourth-order valence-electron chi connectivity index (χ4n) is 1.75. The van der Waals surface area contributed by atoms with E-state index in [2.05, 4.69) is 15.4 Å². The molecule has 0 saturated carbocycles. The molecule has 100 valence electrons. The van der Waals surface area contributed by atoms with Crippen molar-refractivity contribution in [3.05, 3.63) is 58.7 Å². The molecule has 1 aromatic heterocycles. The smallest absolute Gasteiger partial charge is 0.258 e. The first kappa shape index (κ1) is 13.0. The fraction of sp³-hybridized carbons (Fsp3) is 0. The molecule has 0 radical (unpaired) electrons. The van der Waals surface area contributed by atoms with Crippen LogP contribution in [0, 0.1) is 0 Å². The standard InChI is InChI=1S/C14H9Cl2N3O/c15-12-6-3-10(7-13(12)16)9-1-4-11(5-2-9)20-14-8-17-19-18-14/h1-8H,(H,17,18,19). The summed E-state index contributed by atoms with van der Waals surface area (Å²) in [7, 11) is 0. The number of hydrogen-bond acceptors (Lipinski definition) is 3. The van der Waals surface area contributed by atoms with E-state index in [0.29, 0.717) is 21.7 Å². The predicted octanol–water partition coefficient (Wildman–Crippen LogP) is 4.57. The van der Waals surface area contributed by atoms with E-state index >= 15 is 0 Å². The Labute approximate surface area is 125 Å². The van der Waals surface area contributed by atoms with Gasteiger partial charge in [-0.05, 0) is 35.4 Å². The molecule has 0 amide bonds. The second kappa shape index (κ2) is 5.53. The lowest BCUT2D eigenvalue weighted by atomic mass is 10.1. The van der Waals surface area contributed by atoms with Gasteiger partial charge in [-0.25, -0.2) is 0 Å². The Balaban J connectivity index is 1.83. The third-order valence-corrected chi connectivity index (χ3v) is 3.46. The number of nitrogens with one attached hydrogen (secondary N) is 1. The van der Waals surface area contributed by atoms with Gasteiger partial charge in [-0.2, -0.15) is 0 Å². The lowest BCUT2D eigenvalue weighted by Gasteiger charge is -2.05. The van der Waals surface area contributed by atoms with Gasteiger partial charge in [0.05, 0.1) is 16.2 Å². The summed E-state index contributed by atoms with van der Waals surface area (Å²) in [4.78, 5) is 0. The number of rotatable bonds is 3. The van der Waals surface area contributed by atoms with Crippen molar-refractivity contribution in [1.29, 1.82) is 0 Å². The van der Waals surface area contributed by atoms with Crippen molar-refractivity contribution in [2.45, 2.75) is 0 Å². The maximum absolute atomic E-state index is 6.01. The Kier molecular flexibility index (Phi) is 3.58. The molecule has 3 aromatic rings. The molecule has 0 spiro atoms. The minimum Gasteiger partial charge on any atom is -0.436 e. The SMILES string of the molecule is Clc1ccc(-c2ccc(Oc3c[nH]nn3)cc2)cc1Cl. The highest BCUT2D eigenvalue weighted by Crippen LogP contribution is 2.30. The summed E-state index contributed by atoms with van der Waals surface area (Å²) in [6, 6.07) is 13.1. The number of benzene rings is 2. The van der Waals surface area contributed by atoms with Crippen LogP contribution < -0.4 is 4.74 Å². The Morgan fingerprint density at radius 1 is 0.900 bits per heavy atom. The zero-order valence-electron chi connectivity index (χ0n) is 10.2. The molecular formula is C14H9Cl2N3O. The molecule has 0 unspecified atom stereocenters. The Morgan fingerprint density at radius 3 is 2.30 bits per heavy atom. The Morgan fingerprint density at radius 2 is 1.65 bits per heavy atom. The molecule has 2 aromatic carbocycles. The van der Waals surface area contributed by atoms with Crippen molar-refractivity contribution in [2.24, 2.45) is 0 Å². The summed E-state index contributed by atoms with van der Waals surface area (Å²) in [6.07, 6.45) is 1.58. The van der Waals surface area contributed by atoms with Gasteiger partial charge in [0.15, 0.2) is 0 Å². The largest absolute Gasteiger partial charge is 0.436 e. The first-order valence-corrected chi connectivity index (χ1v) is 6.58. The van der Waals surface area contributed by atoms with E-state index < -0.39 is 0 Å². The van der Waals surface area contributed by atoms with Crippen LogP contribution in [0.1, 0.15) is 0 Å². The lowest BCUT2D eigenvalue weighted by molar-refractivity contribution is 0.461. The first-order valence-electron chi connectivity index (χ1n) is 5.82. The molecule has 0 fully saturated rings. The Bertz CT molecular complexity index is 712. The summed E-state index contributed by atoms with van der Waals surface area (Å²) in [5.74, 6) is 1.11. The van der Waals surface area contributed by atoms with Crippen LogP contribution >= 0.6 is 23.2 Å². The maximum atomic E-state index is 6.01. The minimum absolute atomic E-state index is 0.423. The number of halogens is 2. The van der Waals surface area contributed by atoms with Gasteiger partial charge in [-0.15, -0.1) is 0 Å². The number of aromatic amines is 1. The van der Waals surface area contributed by atoms with Gasteiger partial charge >= 0.3 is 0 Å². The van der Waals surface area contributed by atoms with Crippen molar-refractivity contribution >= 4 is 23.2 Å². The molecule has 0 aliphatic carbocycles. The van der Waals surface area contributed by atoms with Crippen LogP contribution in [0.25, 0.3) is 11.1 Å². The van der Waals surface area contributed by atoms with Gasteiger partial charge in [0.25, 0.3) is 5.88 Å². The summed E-state index contributed by atoms with van der Waals surface area (Å²) in [5, 5.41) is 11.0. The van der Waals surface area contributed by atoms with Crippen molar-refractivity contribution in [3.8, 4) is 22.8 Å². The molecule has 3 rings (SSSR count). The number of ether oxygens (including phenoxy) is 1. The highest BCUT2D eigenvalue weighted by Gasteiger charge is 2.04. The van der Waals surface area contributed by atoms with Crippen molar-refractivity contribution in [1.82, 2.24) is 15.4 Å². The first-order chi connectivity index (χ1) is 9.72. The van der Waals surface area contributed by atoms with Gasteiger partial charge in [0.1, 0.15) is 5.75 Å². The highest BCUT2D eigenvalue weighted by molar-refractivity contribution is 6.42. The van der Waals surface area contributed by atoms with Crippen molar-refractivity contribution in [2.75, 3.05) is 0 Å². The molecule has 0 saturated heterocycles. The summed E-state index contributed by atoms with van der Waals surface area (Å²) in [5.41, 5.74) is 2.02. The molecule has 1 heterocycles. The summed E-state index contributed by atoms with van der Waals surface area (Å²) < 4.78 is 5.50. The molecule has 4 nitrogen and oxygen atoms in total. The summed E-state index contributed by atoms with van der Waals surface area (Å²) in [6.45, 7) is 0. The number of hydrogen-bond donors (Lipinski definition) is 1. The monoisotopic (exact) mass is 305 g/mol. The van der Waals surface area contributed by atoms with Gasteiger partial charge in [0, 0.05) is 0 Å². The van der Waals surface area contributed by atoms with Gasteiger partial charge in [0.2, 0.25) is 0 Å². The van der Waals surface area contributed by atoms with Crippen LogP contribution in [-0.4, -0.2) is 15.4 Å². The molecule has 0 bridgehead atoms. The fourth-order valence-corrected chi connectivity index (χ4v) is 2.05. The van der Waals surface area contributed by atoms with Crippen molar-refractivity contribution in [3.63, 3.8) is 0 Å². The van der Waals surface area contributed by atoms with Crippen LogP contribution in [0.15, 0.2) is 48.7 Å². The van der Waals surface area contributed by atoms with E-state index in [0.717, 1.165) is 11.1 Å². The van der Waals surface area contributed by atoms with Gasteiger partial charge in [-0.1, -0.05) is 51.7 Å². The van der Waals surface area contributed by atoms with E-state index in [4.69, 9.17) is 27.9 Å². The summed E-state index contributed by atoms with van der Waals surface area (Å²) >= 11 is 11.9. The van der Waals surface area contributed by atoms with E-state index in [1.165, 1.54) is 0 Å². The zero-order chi connectivity index (χ0) is 13.9. The predicted molar refractivity (Wildman–Crippen MR) is 78.4 cm³/mol. The third kappa shape index (κ3) is 2.76. The van der Waals surface area contributed by atoms with E-state index in [9.17, 15) is 0 Å². The van der Waals surface area contributed by atoms with E-state index in [1.54, 1.807) is 12.3 Å². The average Bonchev–Trinajstić information content (AvgIpc) is 2.96. The van der Waals surface area contributed by atoms with Crippen LogP contribution in [0.4, 0.5) is 0 Å². The lowest BCUT2D eigenvalue weighted by Crippen LogP contribution is -1.85. The van der Waals surface area contributed by atoms with Crippen molar-refractivity contribution < 1.29 is 4.74 Å². The molecule has 0 aliphatic rings. The molecule has 20 heavy (non-hydrogen) atoms. The number of aromatic nitrogens is 3. The molecule has 0 aliphatic heterocycles. The Hall–Kier alpha value is -2.04. The van der Waals surface area contributed by atoms with Crippen LogP contribution in [0.3, 0.4) is 0 Å². The quantitative estimate of drug-likeness (QED) is 0.771. The zero-order valence-corrected chi connectivity index (χ0v) is 11.7. The van der Waals surface area contributed by atoms with Crippen LogP contribution in [-0.2, 0) is 0 Å². The third-order valence-electron chi connectivity index (χ3n) is 2.72. The average molecular weight is 306 g/mol. The van der Waals surface area contributed by atoms with Gasteiger partial charge < -0.3 is 4.74 Å². The normalized spacial score (nSPS) is 10.5. The number of nitrogens with zero attached hydrogens (tertiary/aromatic N) is 2. The van der Waals surface area contributed by atoms with Crippen LogP contribution in [0.5, 0.6) is 11.6 Å². The van der Waals surface area contributed by atoms with E-state index in [1.807, 2.05) is 36.4 Å². The topological polar surface area (TPSA) is 50.8 Å². The molecule has 6 heteroatoms. The highest BCUT2D eigenvalue weighted by atomic mass is 35.5. The number of H-pyrrole nitrogens is 1. The maximum Gasteiger partial charge on any atom is 0.258 e. The molecule has 1 N–H and O–H groups in total.